The van der Waals surface area contributed by atoms with Crippen molar-refractivity contribution in [3.05, 3.63) is 18.1 Å². The maximum absolute atomic E-state index is 5.11. The summed E-state index contributed by atoms with van der Waals surface area (Å²) in [4.78, 5) is 7.68. The molecule has 0 aromatic carbocycles. The monoisotopic (exact) mass is 138 g/mol. The topological polar surface area (TPSA) is 61.0 Å². The molecule has 1 radical (unpaired) electrons. The summed E-state index contributed by atoms with van der Waals surface area (Å²) in [5, 5.41) is 0. The summed E-state index contributed by atoms with van der Waals surface area (Å²) in [6.45, 7) is 1.91. The summed E-state index contributed by atoms with van der Waals surface area (Å²) in [5.41, 5.74) is 5.81. The standard InChI is InChI=1S/C6H8N3O/c1-5-2-8-3-6(9-5)10-4-7/h3H,4,7H2,1H3. The maximum Gasteiger partial charge on any atom is 0.233 e. The quantitative estimate of drug-likeness (QED) is 0.579. The molecule has 4 heteroatoms. The Kier molecular flexibility index (Phi) is 2.17. The maximum atomic E-state index is 5.11. The van der Waals surface area contributed by atoms with Gasteiger partial charge >= 0.3 is 0 Å². The van der Waals surface area contributed by atoms with Gasteiger partial charge in [0.25, 0.3) is 0 Å². The van der Waals surface area contributed by atoms with Crippen LogP contribution in [0.25, 0.3) is 0 Å². The van der Waals surface area contributed by atoms with Gasteiger partial charge in [-0.2, -0.15) is 0 Å². The highest BCUT2D eigenvalue weighted by Gasteiger charge is 1.92. The van der Waals surface area contributed by atoms with Crippen LogP contribution in [0.5, 0.6) is 5.88 Å². The summed E-state index contributed by atoms with van der Waals surface area (Å²) in [6, 6.07) is 0. The van der Waals surface area contributed by atoms with Crippen LogP contribution in [0, 0.1) is 13.1 Å². The van der Waals surface area contributed by atoms with Crippen LogP contribution in [0.15, 0.2) is 6.20 Å². The fourth-order valence-electron chi connectivity index (χ4n) is 0.555. The highest BCUT2D eigenvalue weighted by atomic mass is 16.5. The summed E-state index contributed by atoms with van der Waals surface area (Å²) in [7, 11) is 0. The Balaban J connectivity index is 2.75. The Morgan fingerprint density at radius 3 is 3.20 bits per heavy atom. The molecule has 0 aliphatic carbocycles. The van der Waals surface area contributed by atoms with Gasteiger partial charge in [0, 0.05) is 0 Å². The normalized spacial score (nSPS) is 9.40. The Morgan fingerprint density at radius 2 is 2.60 bits per heavy atom. The first-order chi connectivity index (χ1) is 4.83. The molecule has 0 aliphatic rings. The molecule has 0 atom stereocenters. The second-order valence-corrected chi connectivity index (χ2v) is 1.72. The van der Waals surface area contributed by atoms with Crippen LogP contribution in [0.3, 0.4) is 0 Å². The van der Waals surface area contributed by atoms with E-state index >= 15 is 0 Å². The Bertz CT molecular complexity index is 214. The van der Waals surface area contributed by atoms with Crippen LogP contribution in [0.1, 0.15) is 5.69 Å². The molecule has 0 aliphatic heterocycles. The largest absolute Gasteiger partial charge is 0.461 e. The van der Waals surface area contributed by atoms with E-state index in [4.69, 9.17) is 10.5 Å². The van der Waals surface area contributed by atoms with Crippen molar-refractivity contribution in [3.8, 4) is 5.88 Å². The van der Waals surface area contributed by atoms with Gasteiger partial charge < -0.3 is 4.74 Å². The van der Waals surface area contributed by atoms with E-state index in [1.807, 2.05) is 0 Å². The highest BCUT2D eigenvalue weighted by molar-refractivity contribution is 5.05. The third kappa shape index (κ3) is 1.66. The van der Waals surface area contributed by atoms with Gasteiger partial charge in [0.2, 0.25) is 5.88 Å². The lowest BCUT2D eigenvalue weighted by atomic mass is 10.5. The number of hydrogen-bond acceptors (Lipinski definition) is 4. The second kappa shape index (κ2) is 3.12. The van der Waals surface area contributed by atoms with Crippen molar-refractivity contribution in [3.63, 3.8) is 0 Å². The number of rotatable bonds is 2. The molecule has 1 aromatic heterocycles. The molecule has 0 unspecified atom stereocenters. The van der Waals surface area contributed by atoms with Crippen LogP contribution < -0.4 is 10.5 Å². The number of aromatic nitrogens is 2. The first kappa shape index (κ1) is 6.95. The third-order valence-corrected chi connectivity index (χ3v) is 0.910. The molecule has 0 spiro atoms. The molecule has 10 heavy (non-hydrogen) atoms. The van der Waals surface area contributed by atoms with Crippen LogP contribution in [0.4, 0.5) is 0 Å². The van der Waals surface area contributed by atoms with Crippen molar-refractivity contribution in [2.24, 2.45) is 5.73 Å². The molecule has 2 N–H and O–H groups in total. The van der Waals surface area contributed by atoms with Crippen molar-refractivity contribution in [1.82, 2.24) is 9.97 Å². The average Bonchev–Trinajstić information content (AvgIpc) is 1.88. The zero-order valence-electron chi connectivity index (χ0n) is 5.66. The van der Waals surface area contributed by atoms with Gasteiger partial charge in [-0.15, -0.1) is 0 Å². The number of ether oxygens (including phenoxy) is 1. The molecule has 0 saturated carbocycles. The molecule has 4 nitrogen and oxygen atoms in total. The molecule has 0 bridgehead atoms. The minimum atomic E-state index is 0.123. The van der Waals surface area contributed by atoms with E-state index in [0.29, 0.717) is 11.6 Å². The van der Waals surface area contributed by atoms with Gasteiger partial charge in [0.1, 0.15) is 12.9 Å². The molecule has 1 heterocycles. The molecule has 0 amide bonds. The molecule has 1 rings (SSSR count). The van der Waals surface area contributed by atoms with Crippen LogP contribution in [-0.2, 0) is 0 Å². The molecule has 1 aromatic rings. The minimum absolute atomic E-state index is 0.123. The second-order valence-electron chi connectivity index (χ2n) is 1.72. The van der Waals surface area contributed by atoms with E-state index in [0.717, 1.165) is 0 Å². The van der Waals surface area contributed by atoms with E-state index in [-0.39, 0.29) is 6.73 Å². The summed E-state index contributed by atoms with van der Waals surface area (Å²) in [6.07, 6.45) is 4.12. The first-order valence-corrected chi connectivity index (χ1v) is 2.87. The summed E-state index contributed by atoms with van der Waals surface area (Å²) in [5.74, 6) is 0.443. The fraction of sp³-hybridized carbons (Fsp3) is 0.333. The fourth-order valence-corrected chi connectivity index (χ4v) is 0.555. The summed E-state index contributed by atoms with van der Waals surface area (Å²) >= 11 is 0. The van der Waals surface area contributed by atoms with E-state index in [1.165, 1.54) is 6.20 Å². The lowest BCUT2D eigenvalue weighted by Gasteiger charge is -1.99. The smallest absolute Gasteiger partial charge is 0.233 e. The lowest BCUT2D eigenvalue weighted by molar-refractivity contribution is 0.314. The SMILES string of the molecule is Cc1[c]ncc(OCN)n1. The number of nitrogens with zero attached hydrogens (tertiary/aromatic N) is 2. The van der Waals surface area contributed by atoms with E-state index < -0.39 is 0 Å². The van der Waals surface area contributed by atoms with Crippen molar-refractivity contribution < 1.29 is 4.74 Å². The molecule has 0 saturated heterocycles. The average molecular weight is 138 g/mol. The molecular formula is C6H8N3O. The first-order valence-electron chi connectivity index (χ1n) is 2.87. The van der Waals surface area contributed by atoms with E-state index in [9.17, 15) is 0 Å². The van der Waals surface area contributed by atoms with Crippen LogP contribution in [0.2, 0.25) is 0 Å². The van der Waals surface area contributed by atoms with Crippen molar-refractivity contribution >= 4 is 0 Å². The van der Waals surface area contributed by atoms with Gasteiger partial charge in [-0.05, 0) is 6.92 Å². The lowest BCUT2D eigenvalue weighted by Crippen LogP contribution is -2.08. The highest BCUT2D eigenvalue weighted by Crippen LogP contribution is 2.01. The molecule has 0 fully saturated rings. The van der Waals surface area contributed by atoms with Gasteiger partial charge in [-0.3, -0.25) is 5.73 Å². The van der Waals surface area contributed by atoms with Crippen molar-refractivity contribution in [2.75, 3.05) is 6.73 Å². The van der Waals surface area contributed by atoms with Gasteiger partial charge in [0.05, 0.1) is 11.9 Å². The Labute approximate surface area is 59.1 Å². The number of aryl methyl sites for hydroxylation is 1. The van der Waals surface area contributed by atoms with Gasteiger partial charge in [0.15, 0.2) is 0 Å². The van der Waals surface area contributed by atoms with E-state index in [1.54, 1.807) is 6.92 Å². The molecular weight excluding hydrogens is 130 g/mol. The van der Waals surface area contributed by atoms with Crippen molar-refractivity contribution in [1.29, 1.82) is 0 Å². The van der Waals surface area contributed by atoms with Gasteiger partial charge in [-0.1, -0.05) is 0 Å². The minimum Gasteiger partial charge on any atom is -0.461 e. The zero-order valence-corrected chi connectivity index (χ0v) is 5.66. The van der Waals surface area contributed by atoms with Crippen LogP contribution >= 0.6 is 0 Å². The van der Waals surface area contributed by atoms with Gasteiger partial charge in [-0.25, -0.2) is 9.97 Å². The number of nitrogens with two attached hydrogens (primary N) is 1. The Morgan fingerprint density at radius 1 is 1.80 bits per heavy atom. The Hall–Kier alpha value is -1.16. The predicted octanol–water partition coefficient (Wildman–Crippen LogP) is -0.120. The van der Waals surface area contributed by atoms with E-state index in [2.05, 4.69) is 16.2 Å². The zero-order chi connectivity index (χ0) is 7.40. The molecule has 53 valence electrons. The van der Waals surface area contributed by atoms with Crippen LogP contribution in [-0.4, -0.2) is 16.7 Å². The number of hydrogen-bond donors (Lipinski definition) is 1. The summed E-state index contributed by atoms with van der Waals surface area (Å²) < 4.78 is 4.87. The van der Waals surface area contributed by atoms with Crippen molar-refractivity contribution in [2.45, 2.75) is 6.92 Å². The predicted molar refractivity (Wildman–Crippen MR) is 35.3 cm³/mol. The third-order valence-electron chi connectivity index (χ3n) is 0.910.